The zero-order valence-electron chi connectivity index (χ0n) is 20.0. The number of methoxy groups -OCH3 is 3. The number of anilines is 1. The number of benzene rings is 2. The summed E-state index contributed by atoms with van der Waals surface area (Å²) in [5.41, 5.74) is 3.33. The van der Waals surface area contributed by atoms with E-state index in [-0.39, 0.29) is 12.3 Å². The molecular weight excluding hydrogens is 466 g/mol. The first-order valence-corrected chi connectivity index (χ1v) is 12.0. The SMILES string of the molecule is CCC1=C(C(=O)OC)C(c2cccc(OC)c2)N2C(CC(=O)Nc3cccc(OC)c3)=CSC2=N1. The van der Waals surface area contributed by atoms with Crippen molar-refractivity contribution in [1.29, 1.82) is 0 Å². The van der Waals surface area contributed by atoms with Gasteiger partial charge in [-0.2, -0.15) is 0 Å². The van der Waals surface area contributed by atoms with Gasteiger partial charge in [-0.05, 0) is 41.7 Å². The second kappa shape index (κ2) is 10.7. The number of hydrogen-bond donors (Lipinski definition) is 1. The van der Waals surface area contributed by atoms with E-state index in [1.54, 1.807) is 26.4 Å². The van der Waals surface area contributed by atoms with Gasteiger partial charge in [-0.1, -0.05) is 36.9 Å². The predicted octanol–water partition coefficient (Wildman–Crippen LogP) is 4.87. The minimum atomic E-state index is -0.508. The molecule has 9 heteroatoms. The molecule has 1 N–H and O–H groups in total. The first-order valence-electron chi connectivity index (χ1n) is 11.1. The molecule has 2 heterocycles. The summed E-state index contributed by atoms with van der Waals surface area (Å²) in [6, 6.07) is 14.2. The standard InChI is InChI=1S/C26H27N3O5S/c1-5-21-23(25(31)34-4)24(16-8-6-10-19(12-16)32-2)29-18(15-35-26(29)28-21)14-22(30)27-17-9-7-11-20(13-17)33-3/h6-13,15,24H,5,14H2,1-4H3,(H,27,30). The number of amidine groups is 1. The number of nitrogens with zero attached hydrogens (tertiary/aromatic N) is 2. The summed E-state index contributed by atoms with van der Waals surface area (Å²) in [5.74, 6) is 0.680. The molecule has 1 atom stereocenters. The highest BCUT2D eigenvalue weighted by Gasteiger charge is 2.41. The molecule has 8 nitrogen and oxygen atoms in total. The second-order valence-corrected chi connectivity index (χ2v) is 8.67. The number of nitrogens with one attached hydrogen (secondary N) is 1. The Morgan fingerprint density at radius 2 is 1.77 bits per heavy atom. The summed E-state index contributed by atoms with van der Waals surface area (Å²) in [7, 11) is 4.54. The van der Waals surface area contributed by atoms with Crippen molar-refractivity contribution < 1.29 is 23.8 Å². The van der Waals surface area contributed by atoms with E-state index >= 15 is 0 Å². The Bertz CT molecular complexity index is 1240. The molecule has 2 aliphatic heterocycles. The minimum absolute atomic E-state index is 0.0968. The molecule has 0 aliphatic carbocycles. The molecule has 2 aromatic rings. The molecule has 182 valence electrons. The minimum Gasteiger partial charge on any atom is -0.497 e. The maximum atomic E-state index is 13.0. The van der Waals surface area contributed by atoms with Crippen molar-refractivity contribution in [2.45, 2.75) is 25.8 Å². The summed E-state index contributed by atoms with van der Waals surface area (Å²) >= 11 is 1.43. The molecule has 2 aromatic carbocycles. The molecule has 1 amide bonds. The maximum absolute atomic E-state index is 13.0. The van der Waals surface area contributed by atoms with Crippen molar-refractivity contribution in [3.63, 3.8) is 0 Å². The first kappa shape index (κ1) is 24.4. The highest BCUT2D eigenvalue weighted by molar-refractivity contribution is 8.16. The van der Waals surface area contributed by atoms with Gasteiger partial charge in [0, 0.05) is 17.5 Å². The Kier molecular flexibility index (Phi) is 7.45. The number of thioether (sulfide) groups is 1. The number of amides is 1. The Hall–Kier alpha value is -3.72. The molecule has 0 saturated carbocycles. The van der Waals surface area contributed by atoms with Crippen LogP contribution in [-0.4, -0.2) is 43.3 Å². The lowest BCUT2D eigenvalue weighted by Gasteiger charge is -2.36. The smallest absolute Gasteiger partial charge is 0.338 e. The average molecular weight is 494 g/mol. The summed E-state index contributed by atoms with van der Waals surface area (Å²) in [6.07, 6.45) is 0.661. The number of hydrogen-bond acceptors (Lipinski definition) is 8. The fraction of sp³-hybridized carbons (Fsp3) is 0.269. The summed E-state index contributed by atoms with van der Waals surface area (Å²) < 4.78 is 15.8. The quantitative estimate of drug-likeness (QED) is 0.525. The second-order valence-electron chi connectivity index (χ2n) is 7.83. The van der Waals surface area contributed by atoms with Crippen LogP contribution in [0.5, 0.6) is 11.5 Å². The van der Waals surface area contributed by atoms with Gasteiger partial charge in [0.25, 0.3) is 0 Å². The number of rotatable bonds is 8. The monoisotopic (exact) mass is 493 g/mol. The van der Waals surface area contributed by atoms with Gasteiger partial charge in [0.15, 0.2) is 5.17 Å². The van der Waals surface area contributed by atoms with Crippen LogP contribution in [0.1, 0.15) is 31.4 Å². The first-order chi connectivity index (χ1) is 17.0. The zero-order valence-corrected chi connectivity index (χ0v) is 20.8. The van der Waals surface area contributed by atoms with Gasteiger partial charge >= 0.3 is 5.97 Å². The molecule has 0 saturated heterocycles. The van der Waals surface area contributed by atoms with Crippen molar-refractivity contribution in [3.05, 3.63) is 76.5 Å². The highest BCUT2D eigenvalue weighted by Crippen LogP contribution is 2.46. The van der Waals surface area contributed by atoms with Gasteiger partial charge in [-0.3, -0.25) is 4.79 Å². The fourth-order valence-electron chi connectivity index (χ4n) is 4.11. The van der Waals surface area contributed by atoms with Crippen molar-refractivity contribution in [2.75, 3.05) is 26.6 Å². The van der Waals surface area contributed by atoms with Crippen LogP contribution in [0.3, 0.4) is 0 Å². The number of carbonyl (C=O) groups is 2. The Morgan fingerprint density at radius 1 is 1.06 bits per heavy atom. The molecular formula is C26H27N3O5S. The van der Waals surface area contributed by atoms with E-state index in [2.05, 4.69) is 5.32 Å². The van der Waals surface area contributed by atoms with Gasteiger partial charge in [0.1, 0.15) is 11.5 Å². The van der Waals surface area contributed by atoms with Crippen LogP contribution in [0, 0.1) is 0 Å². The maximum Gasteiger partial charge on any atom is 0.338 e. The van der Waals surface area contributed by atoms with Crippen LogP contribution < -0.4 is 14.8 Å². The Labute approximate surface area is 208 Å². The lowest BCUT2D eigenvalue weighted by molar-refractivity contribution is -0.136. The van der Waals surface area contributed by atoms with Gasteiger partial charge in [0.2, 0.25) is 5.91 Å². The molecule has 4 rings (SSSR count). The summed E-state index contributed by atoms with van der Waals surface area (Å²) in [5, 5.41) is 5.54. The van der Waals surface area contributed by atoms with Gasteiger partial charge in [0.05, 0.1) is 45.1 Å². The predicted molar refractivity (Wildman–Crippen MR) is 136 cm³/mol. The van der Waals surface area contributed by atoms with Crippen molar-refractivity contribution in [2.24, 2.45) is 4.99 Å². The number of esters is 1. The third kappa shape index (κ3) is 5.05. The molecule has 1 unspecified atom stereocenters. The molecule has 0 spiro atoms. The number of carbonyl (C=O) groups excluding carboxylic acids is 2. The zero-order chi connectivity index (χ0) is 24.9. The number of aliphatic imine (C=N–C) groups is 1. The van der Waals surface area contributed by atoms with E-state index in [0.29, 0.717) is 40.0 Å². The van der Waals surface area contributed by atoms with E-state index in [4.69, 9.17) is 19.2 Å². The highest BCUT2D eigenvalue weighted by atomic mass is 32.2. The van der Waals surface area contributed by atoms with Crippen LogP contribution in [0.15, 0.2) is 75.9 Å². The largest absolute Gasteiger partial charge is 0.497 e. The molecule has 0 aromatic heterocycles. The van der Waals surface area contributed by atoms with E-state index in [9.17, 15) is 9.59 Å². The molecule has 0 fully saturated rings. The molecule has 0 bridgehead atoms. The lowest BCUT2D eigenvalue weighted by Crippen LogP contribution is -2.37. The van der Waals surface area contributed by atoms with Crippen molar-refractivity contribution in [3.8, 4) is 11.5 Å². The molecule has 0 radical (unpaired) electrons. The average Bonchev–Trinajstić information content (AvgIpc) is 3.28. The van der Waals surface area contributed by atoms with Gasteiger partial charge in [-0.15, -0.1) is 0 Å². The lowest BCUT2D eigenvalue weighted by atomic mass is 9.92. The van der Waals surface area contributed by atoms with E-state index < -0.39 is 12.0 Å². The Balaban J connectivity index is 1.68. The van der Waals surface area contributed by atoms with Crippen LogP contribution >= 0.6 is 11.8 Å². The Morgan fingerprint density at radius 3 is 2.46 bits per heavy atom. The van der Waals surface area contributed by atoms with E-state index in [0.717, 1.165) is 11.3 Å². The van der Waals surface area contributed by atoms with Crippen LogP contribution in [0.25, 0.3) is 0 Å². The van der Waals surface area contributed by atoms with Gasteiger partial charge < -0.3 is 24.4 Å². The number of fused-ring (bicyclic) bond motifs is 1. The fourth-order valence-corrected chi connectivity index (χ4v) is 5.05. The van der Waals surface area contributed by atoms with Crippen LogP contribution in [0.2, 0.25) is 0 Å². The number of allylic oxidation sites excluding steroid dienone is 1. The molecule has 2 aliphatic rings. The van der Waals surface area contributed by atoms with Gasteiger partial charge in [-0.25, -0.2) is 9.79 Å². The normalized spacial score (nSPS) is 16.8. The molecule has 35 heavy (non-hydrogen) atoms. The summed E-state index contributed by atoms with van der Waals surface area (Å²) in [6.45, 7) is 1.95. The third-order valence-corrected chi connectivity index (χ3v) is 6.62. The topological polar surface area (TPSA) is 89.5 Å². The van der Waals surface area contributed by atoms with E-state index in [1.165, 1.54) is 18.9 Å². The third-order valence-electron chi connectivity index (χ3n) is 5.73. The van der Waals surface area contributed by atoms with Crippen molar-refractivity contribution >= 4 is 34.5 Å². The van der Waals surface area contributed by atoms with Crippen molar-refractivity contribution in [1.82, 2.24) is 4.90 Å². The van der Waals surface area contributed by atoms with Crippen LogP contribution in [0.4, 0.5) is 5.69 Å². The number of ether oxygens (including phenoxy) is 3. The summed E-state index contributed by atoms with van der Waals surface area (Å²) in [4.78, 5) is 32.6. The van der Waals surface area contributed by atoms with Crippen LogP contribution in [-0.2, 0) is 14.3 Å². The van der Waals surface area contributed by atoms with E-state index in [1.807, 2.05) is 53.6 Å².